The summed E-state index contributed by atoms with van der Waals surface area (Å²) in [5.74, 6) is 2.42. The summed E-state index contributed by atoms with van der Waals surface area (Å²) in [5, 5.41) is 0. The molecule has 126 valence electrons. The number of nitrogens with zero attached hydrogens (tertiary/aromatic N) is 2. The van der Waals surface area contributed by atoms with Crippen LogP contribution in [0.15, 0.2) is 18.2 Å². The summed E-state index contributed by atoms with van der Waals surface area (Å²) in [4.78, 5) is 5.04. The van der Waals surface area contributed by atoms with E-state index in [9.17, 15) is 0 Å². The predicted molar refractivity (Wildman–Crippen MR) is 87.8 cm³/mol. The van der Waals surface area contributed by atoms with Gasteiger partial charge in [-0.3, -0.25) is 4.90 Å². The van der Waals surface area contributed by atoms with Gasteiger partial charge in [0.1, 0.15) is 0 Å². The highest BCUT2D eigenvalue weighted by Crippen LogP contribution is 2.33. The van der Waals surface area contributed by atoms with Crippen LogP contribution in [0.25, 0.3) is 0 Å². The van der Waals surface area contributed by atoms with Crippen molar-refractivity contribution in [1.29, 1.82) is 0 Å². The molecule has 0 aromatic heterocycles. The second-order valence-corrected chi connectivity index (χ2v) is 6.77. The first-order valence-corrected chi connectivity index (χ1v) is 8.76. The molecular formula is C18H26N2O3. The first kappa shape index (κ1) is 15.2. The minimum atomic E-state index is 0.341. The molecule has 3 heterocycles. The molecule has 2 atom stereocenters. The summed E-state index contributed by atoms with van der Waals surface area (Å²) in [5.41, 5.74) is 1.29. The molecule has 0 N–H and O–H groups in total. The Kier molecular flexibility index (Phi) is 4.42. The van der Waals surface area contributed by atoms with Crippen LogP contribution in [-0.4, -0.2) is 62.0 Å². The van der Waals surface area contributed by atoms with E-state index in [2.05, 4.69) is 28.9 Å². The van der Waals surface area contributed by atoms with Crippen LogP contribution in [0.1, 0.15) is 18.9 Å². The van der Waals surface area contributed by atoms with E-state index in [-0.39, 0.29) is 0 Å². The van der Waals surface area contributed by atoms with Gasteiger partial charge < -0.3 is 19.1 Å². The van der Waals surface area contributed by atoms with Gasteiger partial charge in [-0.15, -0.1) is 0 Å². The fourth-order valence-electron chi connectivity index (χ4n) is 3.91. The monoisotopic (exact) mass is 318 g/mol. The molecule has 5 heteroatoms. The lowest BCUT2D eigenvalue weighted by atomic mass is 9.93. The summed E-state index contributed by atoms with van der Waals surface area (Å²) in [6, 6.07) is 6.28. The summed E-state index contributed by atoms with van der Waals surface area (Å²) in [6.45, 7) is 10.0. The van der Waals surface area contributed by atoms with Crippen molar-refractivity contribution in [3.05, 3.63) is 23.8 Å². The number of likely N-dealkylation sites (tertiary alicyclic amines) is 1. The maximum Gasteiger partial charge on any atom is 0.231 e. The van der Waals surface area contributed by atoms with Gasteiger partial charge >= 0.3 is 0 Å². The molecule has 0 spiro atoms. The van der Waals surface area contributed by atoms with E-state index in [1.165, 1.54) is 18.5 Å². The SMILES string of the molecule is CCN1CCO[C@@H]2CN(Cc3ccc4c(c3)OCO4)CC[C@@H]2C1. The van der Waals surface area contributed by atoms with Gasteiger partial charge in [-0.25, -0.2) is 0 Å². The first-order chi connectivity index (χ1) is 11.3. The minimum Gasteiger partial charge on any atom is -0.454 e. The molecule has 0 saturated carbocycles. The van der Waals surface area contributed by atoms with Crippen LogP contribution in [0.4, 0.5) is 0 Å². The van der Waals surface area contributed by atoms with E-state index in [1.807, 2.05) is 6.07 Å². The highest BCUT2D eigenvalue weighted by atomic mass is 16.7. The van der Waals surface area contributed by atoms with Crippen LogP contribution in [0, 0.1) is 5.92 Å². The van der Waals surface area contributed by atoms with Gasteiger partial charge in [-0.2, -0.15) is 0 Å². The molecule has 1 aromatic rings. The van der Waals surface area contributed by atoms with Crippen molar-refractivity contribution in [2.24, 2.45) is 5.92 Å². The molecule has 2 saturated heterocycles. The normalized spacial score (nSPS) is 28.4. The van der Waals surface area contributed by atoms with Crippen LogP contribution in [0.5, 0.6) is 11.5 Å². The highest BCUT2D eigenvalue weighted by Gasteiger charge is 2.33. The third kappa shape index (κ3) is 3.32. The molecule has 3 aliphatic heterocycles. The molecule has 0 bridgehead atoms. The van der Waals surface area contributed by atoms with E-state index < -0.39 is 0 Å². The third-order valence-corrected chi connectivity index (χ3v) is 5.30. The Morgan fingerprint density at radius 2 is 2.00 bits per heavy atom. The van der Waals surface area contributed by atoms with Gasteiger partial charge in [0.2, 0.25) is 6.79 Å². The van der Waals surface area contributed by atoms with Crippen molar-refractivity contribution in [1.82, 2.24) is 9.80 Å². The molecule has 23 heavy (non-hydrogen) atoms. The maximum absolute atomic E-state index is 6.15. The number of benzene rings is 1. The molecule has 0 unspecified atom stereocenters. The second-order valence-electron chi connectivity index (χ2n) is 6.77. The Bertz CT molecular complexity index is 551. The smallest absolute Gasteiger partial charge is 0.231 e. The maximum atomic E-state index is 6.15. The van der Waals surface area contributed by atoms with E-state index in [4.69, 9.17) is 14.2 Å². The lowest BCUT2D eigenvalue weighted by Gasteiger charge is -2.38. The topological polar surface area (TPSA) is 34.2 Å². The van der Waals surface area contributed by atoms with Gasteiger partial charge in [0.25, 0.3) is 0 Å². The molecule has 0 aliphatic carbocycles. The molecule has 4 rings (SSSR count). The Morgan fingerprint density at radius 3 is 2.91 bits per heavy atom. The van der Waals surface area contributed by atoms with Crippen molar-refractivity contribution in [2.45, 2.75) is 26.0 Å². The number of likely N-dealkylation sites (N-methyl/N-ethyl adjacent to an activating group) is 1. The molecule has 1 aromatic carbocycles. The number of ether oxygens (including phenoxy) is 3. The van der Waals surface area contributed by atoms with Crippen LogP contribution < -0.4 is 9.47 Å². The Labute approximate surface area is 138 Å². The van der Waals surface area contributed by atoms with Crippen molar-refractivity contribution >= 4 is 0 Å². The van der Waals surface area contributed by atoms with Gasteiger partial charge in [0.15, 0.2) is 11.5 Å². The van der Waals surface area contributed by atoms with E-state index >= 15 is 0 Å². The van der Waals surface area contributed by atoms with Crippen molar-refractivity contribution in [3.63, 3.8) is 0 Å². The fraction of sp³-hybridized carbons (Fsp3) is 0.667. The zero-order valence-corrected chi connectivity index (χ0v) is 13.9. The number of fused-ring (bicyclic) bond motifs is 2. The number of hydrogen-bond acceptors (Lipinski definition) is 5. The number of rotatable bonds is 3. The summed E-state index contributed by atoms with van der Waals surface area (Å²) >= 11 is 0. The van der Waals surface area contributed by atoms with Gasteiger partial charge in [-0.05, 0) is 37.2 Å². The molecule has 2 fully saturated rings. The van der Waals surface area contributed by atoms with E-state index in [0.29, 0.717) is 18.8 Å². The molecule has 5 nitrogen and oxygen atoms in total. The summed E-state index contributed by atoms with van der Waals surface area (Å²) in [7, 11) is 0. The van der Waals surface area contributed by atoms with Crippen molar-refractivity contribution in [3.8, 4) is 11.5 Å². The first-order valence-electron chi connectivity index (χ1n) is 8.76. The van der Waals surface area contributed by atoms with Crippen molar-refractivity contribution < 1.29 is 14.2 Å². The Hall–Kier alpha value is -1.30. The molecule has 0 radical (unpaired) electrons. The second kappa shape index (κ2) is 6.67. The zero-order valence-electron chi connectivity index (χ0n) is 13.9. The third-order valence-electron chi connectivity index (χ3n) is 5.30. The van der Waals surface area contributed by atoms with Crippen LogP contribution in [-0.2, 0) is 11.3 Å². The molecule has 0 amide bonds. The molecular weight excluding hydrogens is 292 g/mol. The Balaban J connectivity index is 1.38. The standard InChI is InChI=1S/C18H26N2O3/c1-2-19-7-8-21-18-12-20(6-5-15(18)11-19)10-14-3-4-16-17(9-14)23-13-22-16/h3-4,9,15,18H,2,5-8,10-13H2,1H3/t15-,18-/m1/s1. The lowest BCUT2D eigenvalue weighted by Crippen LogP contribution is -2.46. The largest absolute Gasteiger partial charge is 0.454 e. The highest BCUT2D eigenvalue weighted by molar-refractivity contribution is 5.44. The van der Waals surface area contributed by atoms with Crippen LogP contribution in [0.2, 0.25) is 0 Å². The fourth-order valence-corrected chi connectivity index (χ4v) is 3.91. The van der Waals surface area contributed by atoms with E-state index in [0.717, 1.165) is 50.8 Å². The van der Waals surface area contributed by atoms with E-state index in [1.54, 1.807) is 0 Å². The van der Waals surface area contributed by atoms with Crippen LogP contribution in [0.3, 0.4) is 0 Å². The lowest BCUT2D eigenvalue weighted by molar-refractivity contribution is -0.0241. The average Bonchev–Trinajstić information content (AvgIpc) is 2.93. The average molecular weight is 318 g/mol. The Morgan fingerprint density at radius 1 is 1.09 bits per heavy atom. The van der Waals surface area contributed by atoms with Gasteiger partial charge in [0.05, 0.1) is 12.7 Å². The zero-order chi connectivity index (χ0) is 15.6. The molecule has 3 aliphatic rings. The van der Waals surface area contributed by atoms with Gasteiger partial charge in [-0.1, -0.05) is 13.0 Å². The minimum absolute atomic E-state index is 0.341. The quantitative estimate of drug-likeness (QED) is 0.851. The predicted octanol–water partition coefficient (Wildman–Crippen LogP) is 1.96. The number of piperidine rings is 1. The van der Waals surface area contributed by atoms with Gasteiger partial charge in [0, 0.05) is 32.1 Å². The number of hydrogen-bond donors (Lipinski definition) is 0. The summed E-state index contributed by atoms with van der Waals surface area (Å²) < 4.78 is 17.0. The van der Waals surface area contributed by atoms with Crippen LogP contribution >= 0.6 is 0 Å². The van der Waals surface area contributed by atoms with Crippen molar-refractivity contribution in [2.75, 3.05) is 46.1 Å². The summed E-state index contributed by atoms with van der Waals surface area (Å²) in [6.07, 6.45) is 1.61.